The van der Waals surface area contributed by atoms with Crippen LogP contribution in [0.25, 0.3) is 6.08 Å². The highest BCUT2D eigenvalue weighted by molar-refractivity contribution is 7.19. The molecule has 0 radical (unpaired) electrons. The number of para-hydroxylation sites is 1. The van der Waals surface area contributed by atoms with Crippen molar-refractivity contribution >= 4 is 33.6 Å². The Balaban J connectivity index is 1.36. The summed E-state index contributed by atoms with van der Waals surface area (Å²) in [6.07, 6.45) is 3.73. The number of rotatable bonds is 10. The average Bonchev–Trinajstić information content (AvgIpc) is 3.58. The Hall–Kier alpha value is -4.10. The summed E-state index contributed by atoms with van der Waals surface area (Å²) in [4.78, 5) is 14.8. The molecule has 1 fully saturated rings. The van der Waals surface area contributed by atoms with Crippen LogP contribution >= 0.6 is 11.3 Å². The van der Waals surface area contributed by atoms with Gasteiger partial charge in [-0.05, 0) is 48.7 Å². The normalized spacial score (nSPS) is 13.3. The maximum Gasteiger partial charge on any atom is 0.268 e. The molecule has 2 aromatic carbocycles. The quantitative estimate of drug-likeness (QED) is 0.256. The molecule has 2 heterocycles. The summed E-state index contributed by atoms with van der Waals surface area (Å²) >= 11 is 1.30. The predicted octanol–water partition coefficient (Wildman–Crippen LogP) is 4.15. The van der Waals surface area contributed by atoms with Gasteiger partial charge in [0.15, 0.2) is 11.5 Å². The first-order chi connectivity index (χ1) is 17.2. The molecule has 1 amide bonds. The van der Waals surface area contributed by atoms with E-state index in [1.54, 1.807) is 18.2 Å². The van der Waals surface area contributed by atoms with Crippen LogP contribution in [0.3, 0.4) is 0 Å². The van der Waals surface area contributed by atoms with Crippen molar-refractivity contribution in [1.82, 2.24) is 10.2 Å². The van der Waals surface area contributed by atoms with Gasteiger partial charge in [0.05, 0.1) is 7.11 Å². The SMILES string of the molecule is COc1cc(C=C(C#N)C(=O)Nc2nnc(N3CCCC3)s2)ccc1OCCOc1ccccc1. The summed E-state index contributed by atoms with van der Waals surface area (Å²) < 4.78 is 16.8. The molecular formula is C25H25N5O4S. The van der Waals surface area contributed by atoms with E-state index in [4.69, 9.17) is 14.2 Å². The van der Waals surface area contributed by atoms with E-state index in [-0.39, 0.29) is 5.57 Å². The van der Waals surface area contributed by atoms with E-state index in [1.165, 1.54) is 24.5 Å². The minimum atomic E-state index is -0.547. The molecule has 9 nitrogen and oxygen atoms in total. The standard InChI is InChI=1S/C25H25N5O4S/c1-32-22-16-18(9-10-21(22)34-14-13-33-20-7-3-2-4-8-20)15-19(17-26)23(31)27-24-28-29-25(35-24)30-11-5-6-12-30/h2-4,7-10,15-16H,5-6,11-14H2,1H3,(H,27,28,31). The summed E-state index contributed by atoms with van der Waals surface area (Å²) in [6.45, 7) is 2.58. The second kappa shape index (κ2) is 11.9. The van der Waals surface area contributed by atoms with Gasteiger partial charge < -0.3 is 19.1 Å². The van der Waals surface area contributed by atoms with Crippen LogP contribution in [0.5, 0.6) is 17.2 Å². The molecule has 35 heavy (non-hydrogen) atoms. The lowest BCUT2D eigenvalue weighted by Gasteiger charge is -2.12. The van der Waals surface area contributed by atoms with Gasteiger partial charge in [-0.3, -0.25) is 10.1 Å². The summed E-state index contributed by atoms with van der Waals surface area (Å²) in [5, 5.41) is 21.5. The monoisotopic (exact) mass is 491 g/mol. The lowest BCUT2D eigenvalue weighted by Crippen LogP contribution is -2.17. The van der Waals surface area contributed by atoms with Gasteiger partial charge >= 0.3 is 0 Å². The molecular weight excluding hydrogens is 466 g/mol. The van der Waals surface area contributed by atoms with Crippen LogP contribution in [0.2, 0.25) is 0 Å². The molecule has 0 saturated carbocycles. The first-order valence-electron chi connectivity index (χ1n) is 11.2. The number of carbonyl (C=O) groups excluding carboxylic acids is 1. The van der Waals surface area contributed by atoms with Gasteiger partial charge in [-0.2, -0.15) is 5.26 Å². The molecule has 0 spiro atoms. The van der Waals surface area contributed by atoms with Gasteiger partial charge in [-0.25, -0.2) is 0 Å². The van der Waals surface area contributed by atoms with E-state index < -0.39 is 5.91 Å². The molecule has 4 rings (SSSR count). The zero-order valence-electron chi connectivity index (χ0n) is 19.3. The van der Waals surface area contributed by atoms with Crippen molar-refractivity contribution in [1.29, 1.82) is 5.26 Å². The molecule has 1 aromatic heterocycles. The topological polar surface area (TPSA) is 110 Å². The number of nitrogens with one attached hydrogen (secondary N) is 1. The number of ether oxygens (including phenoxy) is 3. The van der Waals surface area contributed by atoms with Gasteiger partial charge in [-0.1, -0.05) is 35.6 Å². The molecule has 0 bridgehead atoms. The Morgan fingerprint density at radius 2 is 1.89 bits per heavy atom. The van der Waals surface area contributed by atoms with Crippen LogP contribution in [0.15, 0.2) is 54.1 Å². The van der Waals surface area contributed by atoms with Crippen molar-refractivity contribution in [2.45, 2.75) is 12.8 Å². The highest BCUT2D eigenvalue weighted by Gasteiger charge is 2.18. The summed E-state index contributed by atoms with van der Waals surface area (Å²) in [7, 11) is 1.53. The number of hydrogen-bond acceptors (Lipinski definition) is 9. The van der Waals surface area contributed by atoms with E-state index >= 15 is 0 Å². The summed E-state index contributed by atoms with van der Waals surface area (Å²) in [5.41, 5.74) is 0.561. The van der Waals surface area contributed by atoms with Gasteiger partial charge in [-0.15, -0.1) is 10.2 Å². The third-order valence-electron chi connectivity index (χ3n) is 5.23. The Kier molecular flexibility index (Phi) is 8.14. The molecule has 1 saturated heterocycles. The van der Waals surface area contributed by atoms with Crippen molar-refractivity contribution in [3.05, 3.63) is 59.7 Å². The van der Waals surface area contributed by atoms with Gasteiger partial charge in [0.2, 0.25) is 10.3 Å². The molecule has 0 unspecified atom stereocenters. The molecule has 3 aromatic rings. The van der Waals surface area contributed by atoms with Crippen molar-refractivity contribution in [3.63, 3.8) is 0 Å². The van der Waals surface area contributed by atoms with E-state index in [1.807, 2.05) is 36.4 Å². The molecule has 1 N–H and O–H groups in total. The van der Waals surface area contributed by atoms with E-state index in [2.05, 4.69) is 20.4 Å². The molecule has 10 heteroatoms. The van der Waals surface area contributed by atoms with Gasteiger partial charge in [0, 0.05) is 13.1 Å². The number of carbonyl (C=O) groups is 1. The van der Waals surface area contributed by atoms with Crippen LogP contribution in [0, 0.1) is 11.3 Å². The largest absolute Gasteiger partial charge is 0.493 e. The average molecular weight is 492 g/mol. The Morgan fingerprint density at radius 1 is 1.11 bits per heavy atom. The summed E-state index contributed by atoms with van der Waals surface area (Å²) in [6, 6.07) is 16.6. The molecule has 1 aliphatic rings. The van der Waals surface area contributed by atoms with Gasteiger partial charge in [0.25, 0.3) is 5.91 Å². The third-order valence-corrected chi connectivity index (χ3v) is 6.13. The van der Waals surface area contributed by atoms with E-state index in [0.29, 0.717) is 35.4 Å². The third kappa shape index (κ3) is 6.49. The number of methoxy groups -OCH3 is 1. The molecule has 1 aliphatic heterocycles. The molecule has 0 atom stereocenters. The maximum absolute atomic E-state index is 12.6. The number of nitriles is 1. The fraction of sp³-hybridized carbons (Fsp3) is 0.280. The Morgan fingerprint density at radius 3 is 2.63 bits per heavy atom. The van der Waals surface area contributed by atoms with Crippen LogP contribution in [-0.4, -0.2) is 49.5 Å². The number of benzene rings is 2. The highest BCUT2D eigenvalue weighted by Crippen LogP contribution is 2.30. The molecule has 0 aliphatic carbocycles. The minimum Gasteiger partial charge on any atom is -0.493 e. The fourth-order valence-corrected chi connectivity index (χ4v) is 4.29. The lowest BCUT2D eigenvalue weighted by molar-refractivity contribution is -0.112. The fourth-order valence-electron chi connectivity index (χ4n) is 3.50. The Bertz CT molecular complexity index is 1220. The maximum atomic E-state index is 12.6. The molecule has 180 valence electrons. The first kappa shape index (κ1) is 24.0. The predicted molar refractivity (Wildman–Crippen MR) is 134 cm³/mol. The second-order valence-electron chi connectivity index (χ2n) is 7.63. The van der Waals surface area contributed by atoms with Crippen LogP contribution in [-0.2, 0) is 4.79 Å². The highest BCUT2D eigenvalue weighted by atomic mass is 32.1. The van der Waals surface area contributed by atoms with Crippen molar-refractivity contribution < 1.29 is 19.0 Å². The first-order valence-corrected chi connectivity index (χ1v) is 12.0. The van der Waals surface area contributed by atoms with Crippen molar-refractivity contribution in [2.24, 2.45) is 0 Å². The number of nitrogens with zero attached hydrogens (tertiary/aromatic N) is 4. The lowest BCUT2D eigenvalue weighted by atomic mass is 10.1. The van der Waals surface area contributed by atoms with E-state index in [9.17, 15) is 10.1 Å². The Labute approximate surface area is 207 Å². The van der Waals surface area contributed by atoms with Crippen LogP contribution < -0.4 is 24.4 Å². The number of amides is 1. The number of anilines is 2. The van der Waals surface area contributed by atoms with Crippen molar-refractivity contribution in [3.8, 4) is 23.3 Å². The summed E-state index contributed by atoms with van der Waals surface area (Å²) in [5.74, 6) is 1.24. The number of aromatic nitrogens is 2. The van der Waals surface area contributed by atoms with E-state index in [0.717, 1.165) is 36.8 Å². The van der Waals surface area contributed by atoms with Crippen molar-refractivity contribution in [2.75, 3.05) is 43.6 Å². The zero-order chi connectivity index (χ0) is 24.5. The van der Waals surface area contributed by atoms with Crippen LogP contribution in [0.1, 0.15) is 18.4 Å². The minimum absolute atomic E-state index is 0.0603. The van der Waals surface area contributed by atoms with Gasteiger partial charge in [0.1, 0.15) is 30.6 Å². The second-order valence-corrected chi connectivity index (χ2v) is 8.58. The smallest absolute Gasteiger partial charge is 0.268 e. The zero-order valence-corrected chi connectivity index (χ0v) is 20.1. The van der Waals surface area contributed by atoms with Crippen LogP contribution in [0.4, 0.5) is 10.3 Å². The number of hydrogen-bond donors (Lipinski definition) is 1.